The van der Waals surface area contributed by atoms with Gasteiger partial charge in [0, 0.05) is 26.2 Å². The van der Waals surface area contributed by atoms with Crippen LogP contribution in [-0.4, -0.2) is 31.5 Å². The molecule has 3 heteroatoms. The Morgan fingerprint density at radius 2 is 2.00 bits per heavy atom. The van der Waals surface area contributed by atoms with Crippen molar-refractivity contribution in [3.63, 3.8) is 0 Å². The van der Waals surface area contributed by atoms with E-state index in [2.05, 4.69) is 32.0 Å². The fraction of sp³-hybridized carbons (Fsp3) is 0.571. The van der Waals surface area contributed by atoms with Crippen LogP contribution in [-0.2, 0) is 4.74 Å². The zero-order valence-electron chi connectivity index (χ0n) is 10.9. The summed E-state index contributed by atoms with van der Waals surface area (Å²) in [5.41, 5.74) is 9.37. The molecule has 2 atom stereocenters. The molecule has 0 aromatic heterocycles. The summed E-state index contributed by atoms with van der Waals surface area (Å²) in [4.78, 5) is 0. The van der Waals surface area contributed by atoms with Crippen molar-refractivity contribution in [3.05, 3.63) is 34.9 Å². The summed E-state index contributed by atoms with van der Waals surface area (Å²) in [6.45, 7) is 5.17. The third-order valence-electron chi connectivity index (χ3n) is 3.30. The average Bonchev–Trinajstić information content (AvgIpc) is 2.32. The topological polar surface area (TPSA) is 55.5 Å². The van der Waals surface area contributed by atoms with Crippen LogP contribution < -0.4 is 5.73 Å². The number of ether oxygens (including phenoxy) is 1. The maximum atomic E-state index is 10.1. The highest BCUT2D eigenvalue weighted by molar-refractivity contribution is 5.32. The first kappa shape index (κ1) is 14.2. The van der Waals surface area contributed by atoms with Crippen LogP contribution in [0.3, 0.4) is 0 Å². The Morgan fingerprint density at radius 3 is 2.53 bits per heavy atom. The van der Waals surface area contributed by atoms with Crippen molar-refractivity contribution in [1.29, 1.82) is 0 Å². The highest BCUT2D eigenvalue weighted by Crippen LogP contribution is 2.23. The molecule has 0 amide bonds. The molecule has 1 aromatic carbocycles. The lowest BCUT2D eigenvalue weighted by molar-refractivity contribution is 0.0920. The van der Waals surface area contributed by atoms with Gasteiger partial charge in [0.25, 0.3) is 0 Å². The van der Waals surface area contributed by atoms with Crippen LogP contribution in [0, 0.1) is 13.8 Å². The summed E-state index contributed by atoms with van der Waals surface area (Å²) in [5, 5.41) is 10.1. The summed E-state index contributed by atoms with van der Waals surface area (Å²) in [5.74, 6) is -0.00977. The van der Waals surface area contributed by atoms with E-state index in [0.29, 0.717) is 19.6 Å². The Kier molecular flexibility index (Phi) is 5.62. The second-order valence-corrected chi connectivity index (χ2v) is 4.53. The summed E-state index contributed by atoms with van der Waals surface area (Å²) >= 11 is 0. The molecule has 1 rings (SSSR count). The molecule has 0 aliphatic carbocycles. The largest absolute Gasteiger partial charge is 0.392 e. The van der Waals surface area contributed by atoms with Gasteiger partial charge < -0.3 is 15.6 Å². The zero-order valence-corrected chi connectivity index (χ0v) is 10.9. The number of nitrogens with two attached hydrogens (primary N) is 1. The van der Waals surface area contributed by atoms with Crippen LogP contribution in [0.25, 0.3) is 0 Å². The van der Waals surface area contributed by atoms with Crippen molar-refractivity contribution in [1.82, 2.24) is 0 Å². The van der Waals surface area contributed by atoms with Crippen LogP contribution in [0.4, 0.5) is 0 Å². The van der Waals surface area contributed by atoms with E-state index >= 15 is 0 Å². The highest BCUT2D eigenvalue weighted by Gasteiger charge is 2.19. The van der Waals surface area contributed by atoms with E-state index in [-0.39, 0.29) is 5.92 Å². The minimum atomic E-state index is -0.443. The second-order valence-electron chi connectivity index (χ2n) is 4.53. The lowest BCUT2D eigenvalue weighted by Crippen LogP contribution is -2.27. The van der Waals surface area contributed by atoms with Gasteiger partial charge in [-0.1, -0.05) is 18.2 Å². The van der Waals surface area contributed by atoms with Crippen LogP contribution in [0.15, 0.2) is 18.2 Å². The standard InChI is InChI=1S/C14H23NO2/c1-10-4-5-12(8-11(10)2)13(9-15)14(16)6-7-17-3/h4-5,8,13-14,16H,6-7,9,15H2,1-3H3. The lowest BCUT2D eigenvalue weighted by Gasteiger charge is -2.22. The van der Waals surface area contributed by atoms with Gasteiger partial charge in [-0.3, -0.25) is 0 Å². The molecule has 3 N–H and O–H groups in total. The van der Waals surface area contributed by atoms with Crippen molar-refractivity contribution in [2.24, 2.45) is 5.73 Å². The molecule has 0 spiro atoms. The first-order chi connectivity index (χ1) is 8.10. The molecule has 0 heterocycles. The van der Waals surface area contributed by atoms with E-state index in [9.17, 15) is 5.11 Å². The van der Waals surface area contributed by atoms with Gasteiger partial charge in [-0.25, -0.2) is 0 Å². The molecule has 1 aromatic rings. The van der Waals surface area contributed by atoms with Crippen molar-refractivity contribution in [2.75, 3.05) is 20.3 Å². The molecule has 17 heavy (non-hydrogen) atoms. The Morgan fingerprint density at radius 1 is 1.29 bits per heavy atom. The Balaban J connectivity index is 2.81. The van der Waals surface area contributed by atoms with E-state index < -0.39 is 6.10 Å². The van der Waals surface area contributed by atoms with Gasteiger partial charge >= 0.3 is 0 Å². The molecule has 0 saturated heterocycles. The molecule has 3 nitrogen and oxygen atoms in total. The van der Waals surface area contributed by atoms with Gasteiger partial charge in [0.1, 0.15) is 0 Å². The maximum Gasteiger partial charge on any atom is 0.0642 e. The van der Waals surface area contributed by atoms with E-state index in [1.165, 1.54) is 11.1 Å². The van der Waals surface area contributed by atoms with Crippen molar-refractivity contribution in [2.45, 2.75) is 32.3 Å². The van der Waals surface area contributed by atoms with Crippen molar-refractivity contribution in [3.8, 4) is 0 Å². The number of aliphatic hydroxyl groups excluding tert-OH is 1. The predicted molar refractivity (Wildman–Crippen MR) is 70.2 cm³/mol. The van der Waals surface area contributed by atoms with Crippen LogP contribution in [0.2, 0.25) is 0 Å². The van der Waals surface area contributed by atoms with Gasteiger partial charge in [-0.15, -0.1) is 0 Å². The van der Waals surface area contributed by atoms with Crippen molar-refractivity contribution < 1.29 is 9.84 Å². The van der Waals surface area contributed by atoms with Crippen LogP contribution in [0.5, 0.6) is 0 Å². The van der Waals surface area contributed by atoms with E-state index in [4.69, 9.17) is 10.5 Å². The smallest absolute Gasteiger partial charge is 0.0642 e. The third-order valence-corrected chi connectivity index (χ3v) is 3.30. The van der Waals surface area contributed by atoms with Gasteiger partial charge in [0.05, 0.1) is 6.10 Å². The van der Waals surface area contributed by atoms with Gasteiger partial charge in [-0.05, 0) is 37.0 Å². The average molecular weight is 237 g/mol. The maximum absolute atomic E-state index is 10.1. The summed E-state index contributed by atoms with van der Waals surface area (Å²) < 4.78 is 4.99. The van der Waals surface area contributed by atoms with Crippen molar-refractivity contribution >= 4 is 0 Å². The Labute approximate surface area is 104 Å². The molecular formula is C14H23NO2. The predicted octanol–water partition coefficient (Wildman–Crippen LogP) is 1.74. The van der Waals surface area contributed by atoms with Gasteiger partial charge in [0.2, 0.25) is 0 Å². The van der Waals surface area contributed by atoms with E-state index in [1.54, 1.807) is 7.11 Å². The van der Waals surface area contributed by atoms with Crippen LogP contribution >= 0.6 is 0 Å². The number of hydrogen-bond donors (Lipinski definition) is 2. The number of aryl methyl sites for hydroxylation is 2. The number of hydrogen-bond acceptors (Lipinski definition) is 3. The normalized spacial score (nSPS) is 14.6. The van der Waals surface area contributed by atoms with Crippen LogP contribution in [0.1, 0.15) is 29.0 Å². The SMILES string of the molecule is COCCC(O)C(CN)c1ccc(C)c(C)c1. The molecular weight excluding hydrogens is 214 g/mol. The molecule has 0 bridgehead atoms. The first-order valence-electron chi connectivity index (χ1n) is 6.04. The van der Waals surface area contributed by atoms with E-state index in [1.807, 2.05) is 0 Å². The summed E-state index contributed by atoms with van der Waals surface area (Å²) in [6, 6.07) is 6.25. The Hall–Kier alpha value is -0.900. The summed E-state index contributed by atoms with van der Waals surface area (Å²) in [7, 11) is 1.64. The fourth-order valence-electron chi connectivity index (χ4n) is 1.95. The first-order valence-corrected chi connectivity index (χ1v) is 6.04. The Bertz CT molecular complexity index is 352. The second kappa shape index (κ2) is 6.74. The number of benzene rings is 1. The molecule has 0 fully saturated rings. The molecule has 2 unspecified atom stereocenters. The number of methoxy groups -OCH3 is 1. The van der Waals surface area contributed by atoms with Gasteiger partial charge in [-0.2, -0.15) is 0 Å². The lowest BCUT2D eigenvalue weighted by atomic mass is 9.90. The zero-order chi connectivity index (χ0) is 12.8. The minimum Gasteiger partial charge on any atom is -0.392 e. The number of aliphatic hydroxyl groups is 1. The molecule has 0 saturated carbocycles. The fourth-order valence-corrected chi connectivity index (χ4v) is 1.95. The third kappa shape index (κ3) is 3.80. The highest BCUT2D eigenvalue weighted by atomic mass is 16.5. The summed E-state index contributed by atoms with van der Waals surface area (Å²) in [6.07, 6.45) is 0.174. The molecule has 0 aliphatic heterocycles. The molecule has 96 valence electrons. The van der Waals surface area contributed by atoms with E-state index in [0.717, 1.165) is 5.56 Å². The molecule has 0 radical (unpaired) electrons. The monoisotopic (exact) mass is 237 g/mol. The van der Waals surface area contributed by atoms with Gasteiger partial charge in [0.15, 0.2) is 0 Å². The minimum absolute atomic E-state index is 0.00977. The number of rotatable bonds is 6. The quantitative estimate of drug-likeness (QED) is 0.792. The molecule has 0 aliphatic rings.